The molecule has 0 radical (unpaired) electrons. The summed E-state index contributed by atoms with van der Waals surface area (Å²) in [4.78, 5) is 13.4. The molecule has 0 atom stereocenters. The summed E-state index contributed by atoms with van der Waals surface area (Å²) >= 11 is 9.48. The van der Waals surface area contributed by atoms with Gasteiger partial charge in [-0.3, -0.25) is 9.69 Å². The summed E-state index contributed by atoms with van der Waals surface area (Å²) in [5.74, 6) is 0.376. The molecular weight excluding hydrogens is 289 g/mol. The molecule has 0 aromatic heterocycles. The number of piperidine rings is 1. The van der Waals surface area contributed by atoms with Crippen molar-refractivity contribution < 1.29 is 4.79 Å². The summed E-state index contributed by atoms with van der Waals surface area (Å²) < 4.78 is 1.08. The van der Waals surface area contributed by atoms with E-state index in [1.807, 2.05) is 18.2 Å². The average molecular weight is 303 g/mol. The maximum atomic E-state index is 11.1. The Labute approximate surface area is 109 Å². The van der Waals surface area contributed by atoms with Crippen molar-refractivity contribution in [1.29, 1.82) is 0 Å². The second-order valence-electron chi connectivity index (χ2n) is 4.05. The molecule has 1 saturated heterocycles. The number of hydrogen-bond acceptors (Lipinski definition) is 2. The molecule has 0 aliphatic carbocycles. The van der Waals surface area contributed by atoms with Gasteiger partial charge < -0.3 is 0 Å². The Morgan fingerprint density at radius 2 is 2.00 bits per heavy atom. The Balaban J connectivity index is 2.03. The van der Waals surface area contributed by atoms with Crippen LogP contribution in [0.25, 0.3) is 0 Å². The van der Waals surface area contributed by atoms with Gasteiger partial charge in [-0.1, -0.05) is 27.5 Å². The molecule has 4 heteroatoms. The number of ketones is 1. The van der Waals surface area contributed by atoms with Crippen LogP contribution in [0.1, 0.15) is 18.4 Å². The summed E-state index contributed by atoms with van der Waals surface area (Å²) in [6.45, 7) is 2.57. The van der Waals surface area contributed by atoms with Crippen LogP contribution in [-0.2, 0) is 11.3 Å². The van der Waals surface area contributed by atoms with E-state index < -0.39 is 0 Å². The van der Waals surface area contributed by atoms with E-state index in [0.717, 1.165) is 29.1 Å². The highest BCUT2D eigenvalue weighted by Crippen LogP contribution is 2.23. The average Bonchev–Trinajstić information content (AvgIpc) is 2.27. The van der Waals surface area contributed by atoms with Gasteiger partial charge in [0.2, 0.25) is 0 Å². The van der Waals surface area contributed by atoms with Gasteiger partial charge in [-0.15, -0.1) is 0 Å². The summed E-state index contributed by atoms with van der Waals surface area (Å²) in [6.07, 6.45) is 1.36. The van der Waals surface area contributed by atoms with Crippen molar-refractivity contribution in [3.8, 4) is 0 Å². The van der Waals surface area contributed by atoms with E-state index in [0.29, 0.717) is 18.6 Å². The molecule has 86 valence electrons. The smallest absolute Gasteiger partial charge is 0.135 e. The molecule has 2 rings (SSSR count). The molecule has 0 spiro atoms. The highest BCUT2D eigenvalue weighted by molar-refractivity contribution is 9.10. The van der Waals surface area contributed by atoms with Crippen LogP contribution >= 0.6 is 27.5 Å². The molecule has 2 nitrogen and oxygen atoms in total. The van der Waals surface area contributed by atoms with Crippen LogP contribution in [0.2, 0.25) is 5.02 Å². The molecule has 1 fully saturated rings. The minimum atomic E-state index is 0.376. The molecule has 0 amide bonds. The van der Waals surface area contributed by atoms with E-state index in [2.05, 4.69) is 20.8 Å². The van der Waals surface area contributed by atoms with Gasteiger partial charge in [0.25, 0.3) is 0 Å². The molecule has 16 heavy (non-hydrogen) atoms. The Kier molecular flexibility index (Phi) is 4.00. The standard InChI is InChI=1S/C12H13BrClNO/c13-12-2-1-10(14)7-9(12)8-15-5-3-11(16)4-6-15/h1-2,7H,3-6,8H2. The molecule has 1 aliphatic heterocycles. The topological polar surface area (TPSA) is 20.3 Å². The monoisotopic (exact) mass is 301 g/mol. The Morgan fingerprint density at radius 3 is 2.69 bits per heavy atom. The van der Waals surface area contributed by atoms with E-state index in [-0.39, 0.29) is 0 Å². The fraction of sp³-hybridized carbons (Fsp3) is 0.417. The van der Waals surface area contributed by atoms with Crippen LogP contribution in [-0.4, -0.2) is 23.8 Å². The first-order valence-corrected chi connectivity index (χ1v) is 6.50. The largest absolute Gasteiger partial charge is 0.300 e. The SMILES string of the molecule is O=C1CCN(Cc2cc(Cl)ccc2Br)CC1. The van der Waals surface area contributed by atoms with Crippen LogP contribution < -0.4 is 0 Å². The van der Waals surface area contributed by atoms with Crippen LogP contribution in [0.3, 0.4) is 0 Å². The Morgan fingerprint density at radius 1 is 1.31 bits per heavy atom. The van der Waals surface area contributed by atoms with E-state index in [9.17, 15) is 4.79 Å². The molecule has 1 aromatic carbocycles. The summed E-state index contributed by atoms with van der Waals surface area (Å²) in [7, 11) is 0. The van der Waals surface area contributed by atoms with Gasteiger partial charge in [0, 0.05) is 42.0 Å². The van der Waals surface area contributed by atoms with E-state index in [1.165, 1.54) is 5.56 Å². The van der Waals surface area contributed by atoms with Crippen molar-refractivity contribution in [3.63, 3.8) is 0 Å². The van der Waals surface area contributed by atoms with Gasteiger partial charge in [0.15, 0.2) is 0 Å². The number of halogens is 2. The quantitative estimate of drug-likeness (QED) is 0.836. The lowest BCUT2D eigenvalue weighted by molar-refractivity contribution is -0.121. The summed E-state index contributed by atoms with van der Waals surface area (Å²) in [5.41, 5.74) is 1.18. The maximum absolute atomic E-state index is 11.1. The van der Waals surface area contributed by atoms with Crippen molar-refractivity contribution in [2.75, 3.05) is 13.1 Å². The van der Waals surface area contributed by atoms with Crippen molar-refractivity contribution in [1.82, 2.24) is 4.90 Å². The second kappa shape index (κ2) is 5.30. The molecule has 1 heterocycles. The van der Waals surface area contributed by atoms with Crippen LogP contribution in [0.4, 0.5) is 0 Å². The van der Waals surface area contributed by atoms with Gasteiger partial charge in [-0.2, -0.15) is 0 Å². The highest BCUT2D eigenvalue weighted by atomic mass is 79.9. The van der Waals surface area contributed by atoms with Crippen molar-refractivity contribution in [2.24, 2.45) is 0 Å². The van der Waals surface area contributed by atoms with Crippen LogP contribution in [0, 0.1) is 0 Å². The van der Waals surface area contributed by atoms with Gasteiger partial charge in [0.1, 0.15) is 5.78 Å². The normalized spacial score (nSPS) is 17.8. The fourth-order valence-electron chi connectivity index (χ4n) is 1.87. The first-order chi connectivity index (χ1) is 7.65. The molecule has 0 unspecified atom stereocenters. The van der Waals surface area contributed by atoms with E-state index in [1.54, 1.807) is 0 Å². The van der Waals surface area contributed by atoms with Gasteiger partial charge in [0.05, 0.1) is 0 Å². The molecule has 0 bridgehead atoms. The number of carbonyl (C=O) groups is 1. The number of likely N-dealkylation sites (tertiary alicyclic amines) is 1. The zero-order valence-electron chi connectivity index (χ0n) is 8.88. The third kappa shape index (κ3) is 3.06. The van der Waals surface area contributed by atoms with Crippen molar-refractivity contribution in [2.45, 2.75) is 19.4 Å². The predicted octanol–water partition coefficient (Wildman–Crippen LogP) is 3.27. The number of rotatable bonds is 2. The third-order valence-electron chi connectivity index (χ3n) is 2.82. The van der Waals surface area contributed by atoms with Gasteiger partial charge in [-0.25, -0.2) is 0 Å². The summed E-state index contributed by atoms with van der Waals surface area (Å²) in [5, 5.41) is 0.756. The zero-order valence-corrected chi connectivity index (χ0v) is 11.2. The minimum Gasteiger partial charge on any atom is -0.300 e. The molecule has 0 saturated carbocycles. The summed E-state index contributed by atoms with van der Waals surface area (Å²) in [6, 6.07) is 5.81. The number of Topliss-reactive ketones (excluding diaryl/α,β-unsaturated/α-hetero) is 1. The molecular formula is C12H13BrClNO. The van der Waals surface area contributed by atoms with Gasteiger partial charge >= 0.3 is 0 Å². The number of hydrogen-bond donors (Lipinski definition) is 0. The fourth-order valence-corrected chi connectivity index (χ4v) is 2.43. The highest BCUT2D eigenvalue weighted by Gasteiger charge is 2.16. The molecule has 0 N–H and O–H groups in total. The van der Waals surface area contributed by atoms with E-state index in [4.69, 9.17) is 11.6 Å². The first-order valence-electron chi connectivity index (χ1n) is 5.33. The first kappa shape index (κ1) is 12.1. The number of nitrogens with zero attached hydrogens (tertiary/aromatic N) is 1. The predicted molar refractivity (Wildman–Crippen MR) is 68.7 cm³/mol. The number of carbonyl (C=O) groups excluding carboxylic acids is 1. The molecule has 1 aromatic rings. The second-order valence-corrected chi connectivity index (χ2v) is 5.34. The number of benzene rings is 1. The Hall–Kier alpha value is -0.380. The maximum Gasteiger partial charge on any atom is 0.135 e. The lowest BCUT2D eigenvalue weighted by Gasteiger charge is -2.26. The van der Waals surface area contributed by atoms with Crippen LogP contribution in [0.15, 0.2) is 22.7 Å². The van der Waals surface area contributed by atoms with Crippen molar-refractivity contribution in [3.05, 3.63) is 33.3 Å². The van der Waals surface area contributed by atoms with Crippen molar-refractivity contribution >= 4 is 33.3 Å². The minimum absolute atomic E-state index is 0.376. The molecule has 1 aliphatic rings. The van der Waals surface area contributed by atoms with E-state index >= 15 is 0 Å². The lowest BCUT2D eigenvalue weighted by Crippen LogP contribution is -2.33. The third-order valence-corrected chi connectivity index (χ3v) is 3.82. The van der Waals surface area contributed by atoms with Gasteiger partial charge in [-0.05, 0) is 23.8 Å². The van der Waals surface area contributed by atoms with Crippen LogP contribution in [0.5, 0.6) is 0 Å². The Bertz CT molecular complexity index is 398. The zero-order chi connectivity index (χ0) is 11.5. The lowest BCUT2D eigenvalue weighted by atomic mass is 10.1.